The van der Waals surface area contributed by atoms with Crippen LogP contribution in [0.3, 0.4) is 0 Å². The molecule has 0 radical (unpaired) electrons. The number of hydrogen-bond donors (Lipinski definition) is 1. The normalized spacial score (nSPS) is 23.7. The van der Waals surface area contributed by atoms with Crippen LogP contribution in [0.1, 0.15) is 32.6 Å². The van der Waals surface area contributed by atoms with E-state index >= 15 is 0 Å². The Balaban J connectivity index is 2.02. The van der Waals surface area contributed by atoms with Crippen molar-refractivity contribution in [1.82, 2.24) is 0 Å². The summed E-state index contributed by atoms with van der Waals surface area (Å²) in [6.07, 6.45) is 4.77. The van der Waals surface area contributed by atoms with Crippen molar-refractivity contribution in [3.8, 4) is 0 Å². The quantitative estimate of drug-likeness (QED) is 0.659. The second kappa shape index (κ2) is 5.57. The molecule has 0 unspecified atom stereocenters. The summed E-state index contributed by atoms with van der Waals surface area (Å²) in [7, 11) is 0. The summed E-state index contributed by atoms with van der Waals surface area (Å²) in [5, 5.41) is 14.3. The molecular formula is C13H17ClN2O2. The van der Waals surface area contributed by atoms with E-state index in [2.05, 4.69) is 12.2 Å². The van der Waals surface area contributed by atoms with E-state index < -0.39 is 4.92 Å². The van der Waals surface area contributed by atoms with Crippen LogP contribution in [-0.4, -0.2) is 11.0 Å². The van der Waals surface area contributed by atoms with Crippen LogP contribution in [0.2, 0.25) is 5.02 Å². The van der Waals surface area contributed by atoms with Crippen molar-refractivity contribution in [3.63, 3.8) is 0 Å². The minimum absolute atomic E-state index is 0.0421. The Hall–Kier alpha value is -1.29. The van der Waals surface area contributed by atoms with Gasteiger partial charge >= 0.3 is 0 Å². The lowest BCUT2D eigenvalue weighted by molar-refractivity contribution is -0.384. The van der Waals surface area contributed by atoms with Gasteiger partial charge in [-0.25, -0.2) is 0 Å². The van der Waals surface area contributed by atoms with Crippen LogP contribution in [0.25, 0.3) is 0 Å². The van der Waals surface area contributed by atoms with Crippen LogP contribution in [-0.2, 0) is 0 Å². The van der Waals surface area contributed by atoms with Gasteiger partial charge in [0.05, 0.1) is 4.92 Å². The summed E-state index contributed by atoms with van der Waals surface area (Å²) < 4.78 is 0. The van der Waals surface area contributed by atoms with Crippen LogP contribution in [0.5, 0.6) is 0 Å². The molecule has 18 heavy (non-hydrogen) atoms. The van der Waals surface area contributed by atoms with Crippen LogP contribution in [0.15, 0.2) is 18.2 Å². The lowest BCUT2D eigenvalue weighted by atomic mass is 9.87. The van der Waals surface area contributed by atoms with Gasteiger partial charge in [0, 0.05) is 17.8 Å². The fraction of sp³-hybridized carbons (Fsp3) is 0.538. The van der Waals surface area contributed by atoms with Crippen molar-refractivity contribution in [1.29, 1.82) is 0 Å². The van der Waals surface area contributed by atoms with Gasteiger partial charge in [0.2, 0.25) is 0 Å². The number of rotatable bonds is 3. The molecule has 0 amide bonds. The highest BCUT2D eigenvalue weighted by Gasteiger charge is 2.19. The number of nitrogens with one attached hydrogen (secondary N) is 1. The number of nitro groups is 1. The molecule has 0 spiro atoms. The van der Waals surface area contributed by atoms with Gasteiger partial charge in [-0.05, 0) is 43.7 Å². The number of nitro benzene ring substituents is 1. The zero-order valence-electron chi connectivity index (χ0n) is 10.4. The summed E-state index contributed by atoms with van der Waals surface area (Å²) >= 11 is 5.88. The fourth-order valence-electron chi connectivity index (χ4n) is 2.38. The van der Waals surface area contributed by atoms with Gasteiger partial charge in [-0.3, -0.25) is 10.1 Å². The Morgan fingerprint density at radius 2 is 2.00 bits per heavy atom. The van der Waals surface area contributed by atoms with Gasteiger partial charge < -0.3 is 5.32 Å². The SMILES string of the molecule is CC1CCC(Nc2ccc([N+](=O)[O-])c(Cl)c2)CC1. The largest absolute Gasteiger partial charge is 0.382 e. The maximum atomic E-state index is 10.7. The average molecular weight is 269 g/mol. The third-order valence-corrected chi connectivity index (χ3v) is 3.83. The highest BCUT2D eigenvalue weighted by Crippen LogP contribution is 2.30. The minimum Gasteiger partial charge on any atom is -0.382 e. The molecule has 1 aliphatic rings. The molecule has 1 aromatic carbocycles. The topological polar surface area (TPSA) is 55.2 Å². The second-order valence-corrected chi connectivity index (χ2v) is 5.43. The van der Waals surface area contributed by atoms with Crippen LogP contribution >= 0.6 is 11.6 Å². The molecule has 5 heteroatoms. The molecule has 0 heterocycles. The molecule has 0 aromatic heterocycles. The summed E-state index contributed by atoms with van der Waals surface area (Å²) in [4.78, 5) is 10.2. The molecule has 1 aliphatic carbocycles. The van der Waals surface area contributed by atoms with Crippen LogP contribution in [0, 0.1) is 16.0 Å². The van der Waals surface area contributed by atoms with Gasteiger partial charge in [-0.15, -0.1) is 0 Å². The first-order valence-electron chi connectivity index (χ1n) is 6.26. The van der Waals surface area contributed by atoms with Crippen molar-refractivity contribution >= 4 is 23.0 Å². The molecule has 0 atom stereocenters. The molecule has 0 bridgehead atoms. The summed E-state index contributed by atoms with van der Waals surface area (Å²) in [5.41, 5.74) is 0.824. The van der Waals surface area contributed by atoms with Gasteiger partial charge in [0.15, 0.2) is 0 Å². The molecule has 0 aliphatic heterocycles. The minimum atomic E-state index is -0.464. The third-order valence-electron chi connectivity index (χ3n) is 3.53. The predicted molar refractivity (Wildman–Crippen MR) is 73.1 cm³/mol. The highest BCUT2D eigenvalue weighted by molar-refractivity contribution is 6.32. The molecule has 0 saturated heterocycles. The Labute approximate surface area is 111 Å². The van der Waals surface area contributed by atoms with E-state index in [0.29, 0.717) is 6.04 Å². The van der Waals surface area contributed by atoms with Crippen molar-refractivity contribution in [2.45, 2.75) is 38.6 Å². The van der Waals surface area contributed by atoms with Gasteiger partial charge in [-0.2, -0.15) is 0 Å². The Morgan fingerprint density at radius 3 is 2.56 bits per heavy atom. The van der Waals surface area contributed by atoms with E-state index in [1.807, 2.05) is 0 Å². The Bertz CT molecular complexity index is 443. The first kappa shape index (κ1) is 13.1. The molecule has 4 nitrogen and oxygen atoms in total. The Kier molecular flexibility index (Phi) is 4.07. The van der Waals surface area contributed by atoms with Gasteiger partial charge in [0.1, 0.15) is 5.02 Å². The molecule has 1 N–H and O–H groups in total. The number of hydrogen-bond acceptors (Lipinski definition) is 3. The molecule has 2 rings (SSSR count). The van der Waals surface area contributed by atoms with Crippen molar-refractivity contribution < 1.29 is 4.92 Å². The van der Waals surface area contributed by atoms with E-state index in [4.69, 9.17) is 11.6 Å². The van der Waals surface area contributed by atoms with E-state index in [1.54, 1.807) is 12.1 Å². The molecule has 1 aromatic rings. The standard InChI is InChI=1S/C13H17ClN2O2/c1-9-2-4-10(5-3-9)15-11-6-7-13(16(17)18)12(14)8-11/h6-10,15H,2-5H2,1H3. The van der Waals surface area contributed by atoms with E-state index in [9.17, 15) is 10.1 Å². The lowest BCUT2D eigenvalue weighted by Gasteiger charge is -2.27. The van der Waals surface area contributed by atoms with Gasteiger partial charge in [-0.1, -0.05) is 18.5 Å². The van der Waals surface area contributed by atoms with E-state index in [1.165, 1.54) is 18.9 Å². The summed E-state index contributed by atoms with van der Waals surface area (Å²) in [6, 6.07) is 5.27. The zero-order chi connectivity index (χ0) is 13.1. The first-order valence-corrected chi connectivity index (χ1v) is 6.64. The molecular weight excluding hydrogens is 252 g/mol. The maximum Gasteiger partial charge on any atom is 0.288 e. The molecule has 98 valence electrons. The van der Waals surface area contributed by atoms with Crippen molar-refractivity contribution in [2.75, 3.05) is 5.32 Å². The molecule has 1 fully saturated rings. The van der Waals surface area contributed by atoms with Crippen LogP contribution < -0.4 is 5.32 Å². The predicted octanol–water partition coefficient (Wildman–Crippen LogP) is 4.24. The third kappa shape index (κ3) is 3.13. The van der Waals surface area contributed by atoms with Crippen LogP contribution in [0.4, 0.5) is 11.4 Å². The number of nitrogens with zero attached hydrogens (tertiary/aromatic N) is 1. The van der Waals surface area contributed by atoms with Crippen molar-refractivity contribution in [3.05, 3.63) is 33.3 Å². The lowest BCUT2D eigenvalue weighted by Crippen LogP contribution is -2.25. The summed E-state index contributed by atoms with van der Waals surface area (Å²) in [5.74, 6) is 0.809. The number of anilines is 1. The second-order valence-electron chi connectivity index (χ2n) is 5.02. The molecule has 1 saturated carbocycles. The van der Waals surface area contributed by atoms with Crippen molar-refractivity contribution in [2.24, 2.45) is 5.92 Å². The monoisotopic (exact) mass is 268 g/mol. The van der Waals surface area contributed by atoms with E-state index in [0.717, 1.165) is 24.4 Å². The number of halogens is 1. The van der Waals surface area contributed by atoms with E-state index in [-0.39, 0.29) is 10.7 Å². The first-order chi connectivity index (χ1) is 8.56. The van der Waals surface area contributed by atoms with Gasteiger partial charge in [0.25, 0.3) is 5.69 Å². The zero-order valence-corrected chi connectivity index (χ0v) is 11.1. The average Bonchev–Trinajstić information content (AvgIpc) is 2.32. The fourth-order valence-corrected chi connectivity index (χ4v) is 2.63. The highest BCUT2D eigenvalue weighted by atomic mass is 35.5. The summed E-state index contributed by atoms with van der Waals surface area (Å²) in [6.45, 7) is 2.28. The number of benzene rings is 1. The smallest absolute Gasteiger partial charge is 0.288 e. The Morgan fingerprint density at radius 1 is 1.33 bits per heavy atom. The maximum absolute atomic E-state index is 10.7.